The molecule has 2 aromatic heterocycles. The number of nitrogens with zero attached hydrogens (tertiary/aromatic N) is 5. The maximum Gasteiger partial charge on any atom is 0.176 e. The molecule has 6 heteroatoms. The van der Waals surface area contributed by atoms with E-state index in [9.17, 15) is 0 Å². The lowest BCUT2D eigenvalue weighted by Crippen LogP contribution is -2.34. The number of hydrogen-bond donors (Lipinski definition) is 1. The number of nitrogens with one attached hydrogen (secondary N) is 1. The lowest BCUT2D eigenvalue weighted by atomic mass is 9.71. The van der Waals surface area contributed by atoms with Crippen LogP contribution in [-0.4, -0.2) is 46.2 Å². The van der Waals surface area contributed by atoms with Crippen LogP contribution >= 0.6 is 0 Å². The van der Waals surface area contributed by atoms with E-state index in [1.54, 1.807) is 0 Å². The van der Waals surface area contributed by atoms with Crippen molar-refractivity contribution in [2.24, 2.45) is 10.8 Å². The van der Waals surface area contributed by atoms with E-state index in [1.165, 1.54) is 0 Å². The topological polar surface area (TPSA) is 58.9 Å². The van der Waals surface area contributed by atoms with Gasteiger partial charge < -0.3 is 10.2 Å². The van der Waals surface area contributed by atoms with Gasteiger partial charge in [0.1, 0.15) is 0 Å². The average Bonchev–Trinajstić information content (AvgIpc) is 3.06. The van der Waals surface area contributed by atoms with Gasteiger partial charge >= 0.3 is 0 Å². The van der Waals surface area contributed by atoms with Crippen LogP contribution in [0.4, 0.5) is 5.82 Å². The Morgan fingerprint density at radius 1 is 1.00 bits per heavy atom. The molecule has 1 N–H and O–H groups in total. The molecule has 2 fully saturated rings. The van der Waals surface area contributed by atoms with Gasteiger partial charge in [0.25, 0.3) is 0 Å². The molecule has 122 valence electrons. The van der Waals surface area contributed by atoms with Crippen LogP contribution in [0.25, 0.3) is 5.82 Å². The van der Waals surface area contributed by atoms with E-state index in [1.807, 2.05) is 30.7 Å². The molecule has 0 radical (unpaired) electrons. The van der Waals surface area contributed by atoms with Crippen molar-refractivity contribution in [1.29, 1.82) is 0 Å². The molecule has 6 nitrogen and oxygen atoms in total. The molecule has 4 rings (SSSR count). The maximum atomic E-state index is 4.47. The standard InChI is InChI=1S/C17H24N6/c1-12-7-13(2)23(21-12)15-6-5-14(19-20-15)22-10-16(3)8-18-9-17(16,4)11-22/h5-7,18H,8-11H2,1-4H3/t16-,17+. The minimum atomic E-state index is 0.309. The lowest BCUT2D eigenvalue weighted by molar-refractivity contribution is 0.212. The van der Waals surface area contributed by atoms with E-state index >= 15 is 0 Å². The number of aryl methyl sites for hydroxylation is 2. The van der Waals surface area contributed by atoms with Gasteiger partial charge in [-0.05, 0) is 32.0 Å². The van der Waals surface area contributed by atoms with Crippen molar-refractivity contribution in [3.63, 3.8) is 0 Å². The maximum absolute atomic E-state index is 4.47. The molecule has 0 aliphatic carbocycles. The molecule has 2 aliphatic heterocycles. The number of aromatic nitrogens is 4. The molecular weight excluding hydrogens is 288 g/mol. The molecular formula is C17H24N6. The van der Waals surface area contributed by atoms with Gasteiger partial charge in [-0.1, -0.05) is 13.8 Å². The van der Waals surface area contributed by atoms with Crippen LogP contribution in [0.15, 0.2) is 18.2 Å². The predicted molar refractivity (Wildman–Crippen MR) is 89.9 cm³/mol. The van der Waals surface area contributed by atoms with Crippen molar-refractivity contribution >= 4 is 5.82 Å². The van der Waals surface area contributed by atoms with Crippen LogP contribution < -0.4 is 10.2 Å². The summed E-state index contributed by atoms with van der Waals surface area (Å²) in [6, 6.07) is 6.13. The largest absolute Gasteiger partial charge is 0.354 e. The summed E-state index contributed by atoms with van der Waals surface area (Å²) in [5.41, 5.74) is 2.69. The van der Waals surface area contributed by atoms with Crippen molar-refractivity contribution in [3.8, 4) is 5.82 Å². The predicted octanol–water partition coefficient (Wildman–Crippen LogP) is 1.71. The van der Waals surface area contributed by atoms with Crippen LogP contribution in [0, 0.1) is 24.7 Å². The van der Waals surface area contributed by atoms with E-state index in [-0.39, 0.29) is 0 Å². The molecule has 0 amide bonds. The molecule has 4 heterocycles. The Bertz CT molecular complexity index is 718. The highest BCUT2D eigenvalue weighted by Gasteiger charge is 2.55. The zero-order valence-electron chi connectivity index (χ0n) is 14.3. The van der Waals surface area contributed by atoms with Gasteiger partial charge in [-0.15, -0.1) is 10.2 Å². The first kappa shape index (κ1) is 14.6. The quantitative estimate of drug-likeness (QED) is 0.915. The summed E-state index contributed by atoms with van der Waals surface area (Å²) in [5.74, 6) is 1.74. The van der Waals surface area contributed by atoms with E-state index in [0.29, 0.717) is 10.8 Å². The molecule has 23 heavy (non-hydrogen) atoms. The van der Waals surface area contributed by atoms with Crippen LogP contribution in [0.1, 0.15) is 25.2 Å². The Hall–Kier alpha value is -1.95. The highest BCUT2D eigenvalue weighted by molar-refractivity contribution is 5.43. The first-order valence-electron chi connectivity index (χ1n) is 8.23. The van der Waals surface area contributed by atoms with Crippen molar-refractivity contribution in [3.05, 3.63) is 29.6 Å². The zero-order valence-corrected chi connectivity index (χ0v) is 14.3. The molecule has 2 saturated heterocycles. The van der Waals surface area contributed by atoms with E-state index in [2.05, 4.69) is 45.4 Å². The van der Waals surface area contributed by atoms with Gasteiger partial charge in [0, 0.05) is 42.7 Å². The smallest absolute Gasteiger partial charge is 0.176 e. The van der Waals surface area contributed by atoms with Gasteiger partial charge in [0.15, 0.2) is 11.6 Å². The number of fused-ring (bicyclic) bond motifs is 1. The molecule has 2 aliphatic rings. The Morgan fingerprint density at radius 3 is 2.13 bits per heavy atom. The van der Waals surface area contributed by atoms with Gasteiger partial charge in [0.05, 0.1) is 5.69 Å². The second-order valence-corrected chi connectivity index (χ2v) is 7.67. The molecule has 2 aromatic rings. The molecule has 2 atom stereocenters. The third-order valence-electron chi connectivity index (χ3n) is 5.75. The second-order valence-electron chi connectivity index (χ2n) is 7.67. The fourth-order valence-corrected chi connectivity index (χ4v) is 4.06. The summed E-state index contributed by atoms with van der Waals surface area (Å²) in [6.07, 6.45) is 0. The fraction of sp³-hybridized carbons (Fsp3) is 0.588. The van der Waals surface area contributed by atoms with Crippen LogP contribution in [0.5, 0.6) is 0 Å². The third-order valence-corrected chi connectivity index (χ3v) is 5.75. The summed E-state index contributed by atoms with van der Waals surface area (Å²) in [7, 11) is 0. The molecule has 0 bridgehead atoms. The summed E-state index contributed by atoms with van der Waals surface area (Å²) in [5, 5.41) is 16.9. The van der Waals surface area contributed by atoms with E-state index in [4.69, 9.17) is 0 Å². The number of hydrogen-bond acceptors (Lipinski definition) is 5. The number of rotatable bonds is 2. The van der Waals surface area contributed by atoms with Gasteiger partial charge in [-0.3, -0.25) is 0 Å². The van der Waals surface area contributed by atoms with Crippen molar-refractivity contribution < 1.29 is 0 Å². The lowest BCUT2D eigenvalue weighted by Gasteiger charge is -2.30. The summed E-state index contributed by atoms with van der Waals surface area (Å²) >= 11 is 0. The summed E-state index contributed by atoms with van der Waals surface area (Å²) in [4.78, 5) is 2.37. The Kier molecular flexibility index (Phi) is 3.04. The van der Waals surface area contributed by atoms with Crippen LogP contribution in [0.2, 0.25) is 0 Å². The minimum absolute atomic E-state index is 0.309. The van der Waals surface area contributed by atoms with Gasteiger partial charge in [-0.2, -0.15) is 5.10 Å². The Labute approximate surface area is 136 Å². The van der Waals surface area contributed by atoms with Gasteiger partial charge in [-0.25, -0.2) is 4.68 Å². The average molecular weight is 312 g/mol. The van der Waals surface area contributed by atoms with Crippen molar-refractivity contribution in [2.75, 3.05) is 31.1 Å². The highest BCUT2D eigenvalue weighted by atomic mass is 15.4. The Balaban J connectivity index is 1.59. The monoisotopic (exact) mass is 312 g/mol. The van der Waals surface area contributed by atoms with Crippen molar-refractivity contribution in [1.82, 2.24) is 25.3 Å². The third kappa shape index (κ3) is 2.16. The van der Waals surface area contributed by atoms with E-state index in [0.717, 1.165) is 49.2 Å². The van der Waals surface area contributed by atoms with Crippen LogP contribution in [-0.2, 0) is 0 Å². The molecule has 0 saturated carbocycles. The summed E-state index contributed by atoms with van der Waals surface area (Å²) < 4.78 is 1.84. The van der Waals surface area contributed by atoms with Gasteiger partial charge in [0.2, 0.25) is 0 Å². The normalized spacial score (nSPS) is 30.0. The van der Waals surface area contributed by atoms with E-state index < -0.39 is 0 Å². The zero-order chi connectivity index (χ0) is 16.2. The van der Waals surface area contributed by atoms with Crippen LogP contribution in [0.3, 0.4) is 0 Å². The second kappa shape index (κ2) is 4.77. The van der Waals surface area contributed by atoms with Crippen molar-refractivity contribution in [2.45, 2.75) is 27.7 Å². The molecule has 0 aromatic carbocycles. The SMILES string of the molecule is Cc1cc(C)n(-c2ccc(N3C[C@]4(C)CNC[C@]4(C)C3)nn2)n1. The summed E-state index contributed by atoms with van der Waals surface area (Å²) in [6.45, 7) is 13.0. The Morgan fingerprint density at radius 2 is 1.61 bits per heavy atom. The first-order chi connectivity index (χ1) is 10.9. The molecule has 0 spiro atoms. The minimum Gasteiger partial charge on any atom is -0.354 e. The fourth-order valence-electron chi connectivity index (χ4n) is 4.06. The first-order valence-corrected chi connectivity index (χ1v) is 8.23. The highest BCUT2D eigenvalue weighted by Crippen LogP contribution is 2.49. The molecule has 0 unspecified atom stereocenters. The number of anilines is 1.